The van der Waals surface area contributed by atoms with Gasteiger partial charge in [-0.25, -0.2) is 8.78 Å². The van der Waals surface area contributed by atoms with Crippen LogP contribution in [-0.2, 0) is 11.7 Å². The van der Waals surface area contributed by atoms with E-state index in [1.807, 2.05) is 0 Å². The van der Waals surface area contributed by atoms with Crippen LogP contribution < -0.4 is 5.73 Å². The first-order valence-corrected chi connectivity index (χ1v) is 4.83. The van der Waals surface area contributed by atoms with Gasteiger partial charge in [0, 0.05) is 11.3 Å². The van der Waals surface area contributed by atoms with E-state index in [-0.39, 0.29) is 16.2 Å². The quantitative estimate of drug-likeness (QED) is 0.754. The van der Waals surface area contributed by atoms with Crippen LogP contribution in [0.3, 0.4) is 0 Å². The summed E-state index contributed by atoms with van der Waals surface area (Å²) in [7, 11) is 0. The molecule has 0 bridgehead atoms. The minimum atomic E-state index is -4.50. The first-order chi connectivity index (χ1) is 6.67. The highest BCUT2D eigenvalue weighted by Crippen LogP contribution is 2.59. The Morgan fingerprint density at radius 3 is 2.13 bits per heavy atom. The van der Waals surface area contributed by atoms with Gasteiger partial charge in [-0.15, -0.1) is 11.3 Å². The van der Waals surface area contributed by atoms with E-state index in [0.29, 0.717) is 0 Å². The van der Waals surface area contributed by atoms with Gasteiger partial charge in [0.05, 0.1) is 0 Å². The van der Waals surface area contributed by atoms with E-state index in [0.717, 1.165) is 12.1 Å². The van der Waals surface area contributed by atoms with Crippen molar-refractivity contribution in [2.75, 3.05) is 0 Å². The van der Waals surface area contributed by atoms with Crippen LogP contribution in [0.4, 0.5) is 22.0 Å². The Balaban J connectivity index is 2.31. The SMILES string of the molecule is NC1(c2ccc(C(F)(F)F)s2)CC1(F)F. The van der Waals surface area contributed by atoms with Crippen LogP contribution in [0, 0.1) is 0 Å². The Hall–Kier alpha value is -0.690. The third kappa shape index (κ3) is 1.53. The van der Waals surface area contributed by atoms with Gasteiger partial charge in [0.25, 0.3) is 5.92 Å². The van der Waals surface area contributed by atoms with E-state index in [1.165, 1.54) is 0 Å². The third-order valence-corrected chi connectivity index (χ3v) is 3.66. The first kappa shape index (κ1) is 10.8. The lowest BCUT2D eigenvalue weighted by atomic mass is 10.2. The van der Waals surface area contributed by atoms with Crippen molar-refractivity contribution in [2.45, 2.75) is 24.1 Å². The van der Waals surface area contributed by atoms with Crippen LogP contribution in [0.2, 0.25) is 0 Å². The zero-order valence-corrected chi connectivity index (χ0v) is 8.05. The van der Waals surface area contributed by atoms with Crippen LogP contribution in [0.5, 0.6) is 0 Å². The molecule has 84 valence electrons. The molecule has 1 nitrogen and oxygen atoms in total. The smallest absolute Gasteiger partial charge is 0.316 e. The van der Waals surface area contributed by atoms with Crippen molar-refractivity contribution < 1.29 is 22.0 Å². The standard InChI is InChI=1S/C8H6F5NS/c9-7(10)3-6(7,14)4-1-2-5(15-4)8(11,12)13/h1-2H,3,14H2. The second kappa shape index (κ2) is 2.70. The second-order valence-corrected chi connectivity index (χ2v) is 4.60. The fourth-order valence-corrected chi connectivity index (χ4v) is 2.33. The molecule has 1 aliphatic rings. The maximum Gasteiger partial charge on any atom is 0.425 e. The van der Waals surface area contributed by atoms with Gasteiger partial charge < -0.3 is 5.73 Å². The molecule has 1 atom stereocenters. The summed E-state index contributed by atoms with van der Waals surface area (Å²) in [6, 6.07) is 1.80. The molecule has 0 saturated heterocycles. The van der Waals surface area contributed by atoms with Crippen molar-refractivity contribution in [3.63, 3.8) is 0 Å². The van der Waals surface area contributed by atoms with Gasteiger partial charge in [0.15, 0.2) is 0 Å². The van der Waals surface area contributed by atoms with Crippen LogP contribution in [0.25, 0.3) is 0 Å². The number of hydrogen-bond acceptors (Lipinski definition) is 2. The van der Waals surface area contributed by atoms with Gasteiger partial charge in [-0.3, -0.25) is 0 Å². The fourth-order valence-electron chi connectivity index (χ4n) is 1.30. The summed E-state index contributed by atoms with van der Waals surface area (Å²) < 4.78 is 62.1. The van der Waals surface area contributed by atoms with Crippen LogP contribution >= 0.6 is 11.3 Å². The fraction of sp³-hybridized carbons (Fsp3) is 0.500. The molecule has 7 heteroatoms. The molecule has 1 aromatic rings. The van der Waals surface area contributed by atoms with Gasteiger partial charge in [0.2, 0.25) is 0 Å². The lowest BCUT2D eigenvalue weighted by Gasteiger charge is -2.07. The summed E-state index contributed by atoms with van der Waals surface area (Å²) in [6.07, 6.45) is -5.08. The van der Waals surface area contributed by atoms with Gasteiger partial charge >= 0.3 is 6.18 Å². The molecule has 0 spiro atoms. The maximum absolute atomic E-state index is 12.8. The highest BCUT2D eigenvalue weighted by atomic mass is 32.1. The van der Waals surface area contributed by atoms with E-state index >= 15 is 0 Å². The van der Waals surface area contributed by atoms with Crippen molar-refractivity contribution in [1.82, 2.24) is 0 Å². The first-order valence-electron chi connectivity index (χ1n) is 4.01. The van der Waals surface area contributed by atoms with E-state index in [2.05, 4.69) is 0 Å². The minimum Gasteiger partial charge on any atom is -0.316 e. The average Bonchev–Trinajstić information content (AvgIpc) is 2.51. The average molecular weight is 243 g/mol. The van der Waals surface area contributed by atoms with Crippen molar-refractivity contribution in [1.29, 1.82) is 0 Å². The predicted molar refractivity (Wildman–Crippen MR) is 44.8 cm³/mol. The summed E-state index contributed by atoms with van der Waals surface area (Å²) >= 11 is 0.282. The number of rotatable bonds is 1. The normalized spacial score (nSPS) is 29.2. The number of alkyl halides is 5. The summed E-state index contributed by atoms with van der Waals surface area (Å²) in [5.41, 5.74) is 3.41. The molecule has 0 aliphatic heterocycles. The van der Waals surface area contributed by atoms with E-state index in [1.54, 1.807) is 0 Å². The van der Waals surface area contributed by atoms with Crippen molar-refractivity contribution in [2.24, 2.45) is 5.73 Å². The van der Waals surface area contributed by atoms with Gasteiger partial charge in [-0.05, 0) is 12.1 Å². The molecular weight excluding hydrogens is 237 g/mol. The molecule has 1 aromatic heterocycles. The lowest BCUT2D eigenvalue weighted by Crippen LogP contribution is -2.25. The molecule has 0 radical (unpaired) electrons. The number of nitrogens with two attached hydrogens (primary N) is 1. The van der Waals surface area contributed by atoms with E-state index < -0.39 is 28.9 Å². The zero-order valence-electron chi connectivity index (χ0n) is 7.24. The topological polar surface area (TPSA) is 26.0 Å². The summed E-state index contributed by atoms with van der Waals surface area (Å²) in [5, 5.41) is 0. The molecule has 0 aromatic carbocycles. The summed E-state index contributed by atoms with van der Waals surface area (Å²) in [6.45, 7) is 0. The van der Waals surface area contributed by atoms with Crippen LogP contribution in [0.1, 0.15) is 16.2 Å². The molecule has 15 heavy (non-hydrogen) atoms. The number of halogens is 5. The zero-order chi connectivity index (χ0) is 11.5. The van der Waals surface area contributed by atoms with Crippen molar-refractivity contribution in [3.05, 3.63) is 21.9 Å². The highest BCUT2D eigenvalue weighted by molar-refractivity contribution is 7.12. The van der Waals surface area contributed by atoms with Crippen molar-refractivity contribution >= 4 is 11.3 Å². The maximum atomic E-state index is 12.8. The minimum absolute atomic E-state index is 0.111. The summed E-state index contributed by atoms with van der Waals surface area (Å²) in [5.74, 6) is -3.08. The van der Waals surface area contributed by atoms with Gasteiger partial charge in [-0.1, -0.05) is 0 Å². The van der Waals surface area contributed by atoms with Gasteiger partial charge in [-0.2, -0.15) is 13.2 Å². The van der Waals surface area contributed by atoms with E-state index in [4.69, 9.17) is 5.73 Å². The molecule has 2 N–H and O–H groups in total. The molecule has 1 aliphatic carbocycles. The molecule has 0 amide bonds. The highest BCUT2D eigenvalue weighted by Gasteiger charge is 2.70. The molecular formula is C8H6F5NS. The Bertz CT molecular complexity index is 396. The van der Waals surface area contributed by atoms with Crippen molar-refractivity contribution in [3.8, 4) is 0 Å². The Morgan fingerprint density at radius 1 is 1.27 bits per heavy atom. The van der Waals surface area contributed by atoms with Crippen LogP contribution in [-0.4, -0.2) is 5.92 Å². The largest absolute Gasteiger partial charge is 0.425 e. The van der Waals surface area contributed by atoms with Gasteiger partial charge in [0.1, 0.15) is 10.4 Å². The Kier molecular flexibility index (Phi) is 1.95. The van der Waals surface area contributed by atoms with E-state index in [9.17, 15) is 22.0 Å². The molecule has 1 fully saturated rings. The number of thiophene rings is 1. The predicted octanol–water partition coefficient (Wildman–Crippen LogP) is 2.96. The number of hydrogen-bond donors (Lipinski definition) is 1. The summed E-state index contributed by atoms with van der Waals surface area (Å²) in [4.78, 5) is -1.01. The Labute approximate surface area is 85.7 Å². The molecule has 1 saturated carbocycles. The Morgan fingerprint density at radius 2 is 1.80 bits per heavy atom. The second-order valence-electron chi connectivity index (χ2n) is 3.51. The molecule has 1 unspecified atom stereocenters. The van der Waals surface area contributed by atoms with Crippen LogP contribution in [0.15, 0.2) is 12.1 Å². The third-order valence-electron chi connectivity index (χ3n) is 2.35. The monoisotopic (exact) mass is 243 g/mol. The molecule has 2 rings (SSSR count). The lowest BCUT2D eigenvalue weighted by molar-refractivity contribution is -0.134. The molecule has 1 heterocycles.